The van der Waals surface area contributed by atoms with Gasteiger partial charge in [0, 0.05) is 12.4 Å². The van der Waals surface area contributed by atoms with E-state index in [1.54, 1.807) is 12.4 Å². The lowest BCUT2D eigenvalue weighted by Crippen LogP contribution is -2.11. The molecule has 0 aliphatic rings. The van der Waals surface area contributed by atoms with Gasteiger partial charge in [-0.3, -0.25) is 4.98 Å². The number of rotatable bonds is 10. The van der Waals surface area contributed by atoms with Crippen LogP contribution in [0.2, 0.25) is 0 Å². The summed E-state index contributed by atoms with van der Waals surface area (Å²) in [6.07, 6.45) is 3.50. The Kier molecular flexibility index (Phi) is 16.0. The molecule has 1 aromatic rings. The lowest BCUT2D eigenvalue weighted by atomic mass is 10.5. The van der Waals surface area contributed by atoms with Crippen LogP contribution in [-0.2, 0) is 14.2 Å². The molecule has 6 heteroatoms. The van der Waals surface area contributed by atoms with Gasteiger partial charge in [0.1, 0.15) is 0 Å². The van der Waals surface area contributed by atoms with Gasteiger partial charge in [-0.2, -0.15) is 0 Å². The standard InChI is InChI=1S/C8H18O5.C5H5N/c9-1-3-11-5-7-13-8-6-12-4-2-10;1-2-4-6-5-3-1/h9-10H,1-8H2;1-5H. The Hall–Kier alpha value is -1.05. The Bertz CT molecular complexity index is 211. The Morgan fingerprint density at radius 2 is 1.05 bits per heavy atom. The second-order valence-corrected chi connectivity index (χ2v) is 3.31. The van der Waals surface area contributed by atoms with E-state index in [0.717, 1.165) is 0 Å². The van der Waals surface area contributed by atoms with Crippen molar-refractivity contribution >= 4 is 0 Å². The largest absolute Gasteiger partial charge is 0.394 e. The second-order valence-electron chi connectivity index (χ2n) is 3.31. The lowest BCUT2D eigenvalue weighted by Gasteiger charge is -2.04. The molecule has 0 atom stereocenters. The third-order valence-electron chi connectivity index (χ3n) is 1.78. The molecule has 19 heavy (non-hydrogen) atoms. The first-order chi connectivity index (χ1) is 9.41. The van der Waals surface area contributed by atoms with E-state index in [2.05, 4.69) is 4.98 Å². The van der Waals surface area contributed by atoms with Gasteiger partial charge in [-0.15, -0.1) is 0 Å². The molecule has 110 valence electrons. The van der Waals surface area contributed by atoms with Crippen molar-refractivity contribution in [3.8, 4) is 0 Å². The van der Waals surface area contributed by atoms with E-state index in [0.29, 0.717) is 39.6 Å². The summed E-state index contributed by atoms with van der Waals surface area (Å²) in [6, 6.07) is 5.72. The SMILES string of the molecule is OCCOCCOCCOCCO.c1ccncc1. The van der Waals surface area contributed by atoms with Gasteiger partial charge in [-0.25, -0.2) is 0 Å². The molecule has 6 nitrogen and oxygen atoms in total. The van der Waals surface area contributed by atoms with E-state index in [9.17, 15) is 0 Å². The van der Waals surface area contributed by atoms with Crippen LogP contribution in [0.15, 0.2) is 30.6 Å². The van der Waals surface area contributed by atoms with Crippen molar-refractivity contribution in [1.29, 1.82) is 0 Å². The normalized spacial score (nSPS) is 9.79. The maximum Gasteiger partial charge on any atom is 0.0701 e. The molecule has 2 N–H and O–H groups in total. The van der Waals surface area contributed by atoms with E-state index < -0.39 is 0 Å². The first-order valence-corrected chi connectivity index (χ1v) is 6.21. The minimum absolute atomic E-state index is 0.0413. The van der Waals surface area contributed by atoms with Gasteiger partial charge in [-0.05, 0) is 12.1 Å². The monoisotopic (exact) mass is 273 g/mol. The fourth-order valence-electron chi connectivity index (χ4n) is 0.984. The predicted molar refractivity (Wildman–Crippen MR) is 70.9 cm³/mol. The number of pyridine rings is 1. The number of hydrogen-bond donors (Lipinski definition) is 2. The van der Waals surface area contributed by atoms with Crippen LogP contribution in [0.25, 0.3) is 0 Å². The van der Waals surface area contributed by atoms with E-state index in [4.69, 9.17) is 24.4 Å². The summed E-state index contributed by atoms with van der Waals surface area (Å²) >= 11 is 0. The van der Waals surface area contributed by atoms with Crippen LogP contribution in [0.1, 0.15) is 0 Å². The van der Waals surface area contributed by atoms with Gasteiger partial charge < -0.3 is 24.4 Å². The van der Waals surface area contributed by atoms with Gasteiger partial charge >= 0.3 is 0 Å². The Balaban J connectivity index is 0.000000443. The van der Waals surface area contributed by atoms with Crippen molar-refractivity contribution in [3.63, 3.8) is 0 Å². The number of ether oxygens (including phenoxy) is 3. The quantitative estimate of drug-likeness (QED) is 0.589. The van der Waals surface area contributed by atoms with E-state index in [-0.39, 0.29) is 13.2 Å². The third-order valence-corrected chi connectivity index (χ3v) is 1.78. The number of aromatic nitrogens is 1. The van der Waals surface area contributed by atoms with Crippen molar-refractivity contribution in [2.24, 2.45) is 0 Å². The molecule has 1 aromatic heterocycles. The molecular formula is C13H23NO5. The summed E-state index contributed by atoms with van der Waals surface area (Å²) in [4.78, 5) is 3.78. The summed E-state index contributed by atoms with van der Waals surface area (Å²) in [5.74, 6) is 0. The Morgan fingerprint density at radius 1 is 0.632 bits per heavy atom. The number of aliphatic hydroxyl groups excluding tert-OH is 2. The minimum Gasteiger partial charge on any atom is -0.394 e. The Labute approximate surface area is 114 Å². The molecule has 0 fully saturated rings. The molecule has 0 amide bonds. The highest BCUT2D eigenvalue weighted by molar-refractivity contribution is 4.88. The van der Waals surface area contributed by atoms with Gasteiger partial charge in [-0.1, -0.05) is 6.07 Å². The molecular weight excluding hydrogens is 250 g/mol. The van der Waals surface area contributed by atoms with Crippen LogP contribution in [0.5, 0.6) is 0 Å². The molecule has 1 rings (SSSR count). The number of hydrogen-bond acceptors (Lipinski definition) is 6. The molecule has 0 aliphatic carbocycles. The van der Waals surface area contributed by atoms with Crippen LogP contribution < -0.4 is 0 Å². The predicted octanol–water partition coefficient (Wildman–Crippen LogP) is 0.102. The fourth-order valence-corrected chi connectivity index (χ4v) is 0.984. The smallest absolute Gasteiger partial charge is 0.0701 e. The molecule has 0 aromatic carbocycles. The highest BCUT2D eigenvalue weighted by Crippen LogP contribution is 1.80. The highest BCUT2D eigenvalue weighted by atomic mass is 16.5. The van der Waals surface area contributed by atoms with Gasteiger partial charge in [0.2, 0.25) is 0 Å². The fraction of sp³-hybridized carbons (Fsp3) is 0.615. The topological polar surface area (TPSA) is 81.0 Å². The molecule has 0 spiro atoms. The van der Waals surface area contributed by atoms with Crippen LogP contribution in [0, 0.1) is 0 Å². The molecule has 0 saturated heterocycles. The van der Waals surface area contributed by atoms with Crippen LogP contribution in [-0.4, -0.2) is 68.1 Å². The van der Waals surface area contributed by atoms with Gasteiger partial charge in [0.05, 0.1) is 52.9 Å². The van der Waals surface area contributed by atoms with Crippen LogP contribution >= 0.6 is 0 Å². The number of aliphatic hydroxyl groups is 2. The van der Waals surface area contributed by atoms with Crippen molar-refractivity contribution in [2.75, 3.05) is 52.9 Å². The van der Waals surface area contributed by atoms with Crippen molar-refractivity contribution < 1.29 is 24.4 Å². The zero-order valence-corrected chi connectivity index (χ0v) is 11.1. The van der Waals surface area contributed by atoms with E-state index in [1.165, 1.54) is 0 Å². The highest BCUT2D eigenvalue weighted by Gasteiger charge is 1.89. The minimum atomic E-state index is 0.0413. The summed E-state index contributed by atoms with van der Waals surface area (Å²) in [5, 5.41) is 16.7. The average molecular weight is 273 g/mol. The van der Waals surface area contributed by atoms with Crippen molar-refractivity contribution in [1.82, 2.24) is 4.98 Å². The van der Waals surface area contributed by atoms with Crippen LogP contribution in [0.3, 0.4) is 0 Å². The third kappa shape index (κ3) is 16.9. The summed E-state index contributed by atoms with van der Waals surface area (Å²) in [7, 11) is 0. The van der Waals surface area contributed by atoms with Crippen LogP contribution in [0.4, 0.5) is 0 Å². The van der Waals surface area contributed by atoms with Gasteiger partial charge in [0.15, 0.2) is 0 Å². The lowest BCUT2D eigenvalue weighted by molar-refractivity contribution is 0.00230. The van der Waals surface area contributed by atoms with Crippen molar-refractivity contribution in [3.05, 3.63) is 30.6 Å². The van der Waals surface area contributed by atoms with E-state index >= 15 is 0 Å². The first kappa shape index (κ1) is 17.9. The molecule has 0 radical (unpaired) electrons. The average Bonchev–Trinajstić information content (AvgIpc) is 2.48. The number of nitrogens with zero attached hydrogens (tertiary/aromatic N) is 1. The molecule has 0 bridgehead atoms. The summed E-state index contributed by atoms with van der Waals surface area (Å²) in [5.41, 5.74) is 0. The molecule has 0 aliphatic heterocycles. The molecule has 0 unspecified atom stereocenters. The second kappa shape index (κ2) is 16.9. The maximum absolute atomic E-state index is 8.36. The molecule has 0 saturated carbocycles. The van der Waals surface area contributed by atoms with Gasteiger partial charge in [0.25, 0.3) is 0 Å². The first-order valence-electron chi connectivity index (χ1n) is 6.21. The van der Waals surface area contributed by atoms with E-state index in [1.807, 2.05) is 18.2 Å². The molecule has 1 heterocycles. The zero-order valence-electron chi connectivity index (χ0n) is 11.1. The summed E-state index contributed by atoms with van der Waals surface area (Å²) < 4.78 is 15.0. The van der Waals surface area contributed by atoms with Crippen molar-refractivity contribution in [2.45, 2.75) is 0 Å². The maximum atomic E-state index is 8.36. The summed E-state index contributed by atoms with van der Waals surface area (Å²) in [6.45, 7) is 2.76. The Morgan fingerprint density at radius 3 is 1.32 bits per heavy atom. The zero-order chi connectivity index (χ0) is 14.0.